The second-order valence-electron chi connectivity index (χ2n) is 6.64. The first kappa shape index (κ1) is 28.3. The van der Waals surface area contributed by atoms with E-state index in [2.05, 4.69) is 50.8 Å². The van der Waals surface area contributed by atoms with Crippen LogP contribution in [0, 0.1) is 5.82 Å². The fourth-order valence-electron chi connectivity index (χ4n) is 2.42. The summed E-state index contributed by atoms with van der Waals surface area (Å²) in [6, 6.07) is 9.12. The molecule has 4 heterocycles. The molecule has 0 bridgehead atoms. The van der Waals surface area contributed by atoms with E-state index in [1.807, 2.05) is 49.6 Å². The maximum Gasteiger partial charge on any atom is 0.139 e. The highest BCUT2D eigenvalue weighted by Gasteiger charge is 2.00. The molecule has 4 nitrogen and oxygen atoms in total. The summed E-state index contributed by atoms with van der Waals surface area (Å²) in [4.78, 5) is 8.52. The normalized spacial score (nSPS) is 9.32. The van der Waals surface area contributed by atoms with Crippen molar-refractivity contribution in [3.05, 3.63) is 72.3 Å². The van der Waals surface area contributed by atoms with Gasteiger partial charge in [0.1, 0.15) is 17.1 Å². The number of aromatic nitrogens is 4. The highest BCUT2D eigenvalue weighted by atomic mass is 19.1. The minimum absolute atomic E-state index is 0.227. The van der Waals surface area contributed by atoms with Crippen LogP contribution in [0.2, 0.25) is 0 Å². The lowest BCUT2D eigenvalue weighted by Crippen LogP contribution is -1.91. The van der Waals surface area contributed by atoms with Crippen molar-refractivity contribution in [2.45, 2.75) is 81.1 Å². The largest absolute Gasteiger partial charge is 0.307 e. The molecule has 0 saturated heterocycles. The van der Waals surface area contributed by atoms with E-state index in [4.69, 9.17) is 0 Å². The number of hydrogen-bond donors (Lipinski definition) is 0. The summed E-state index contributed by atoms with van der Waals surface area (Å²) in [6.45, 7) is 16.6. The molecule has 31 heavy (non-hydrogen) atoms. The van der Waals surface area contributed by atoms with Crippen LogP contribution < -0.4 is 0 Å². The van der Waals surface area contributed by atoms with Crippen LogP contribution in [-0.2, 0) is 12.8 Å². The van der Waals surface area contributed by atoms with Gasteiger partial charge in [0.25, 0.3) is 0 Å². The van der Waals surface area contributed by atoms with Crippen molar-refractivity contribution in [2.75, 3.05) is 0 Å². The summed E-state index contributed by atoms with van der Waals surface area (Å²) in [7, 11) is 0. The summed E-state index contributed by atoms with van der Waals surface area (Å²) in [6.07, 6.45) is 11.7. The molecular formula is C26H41FN4. The first-order valence-corrected chi connectivity index (χ1v) is 11.6. The van der Waals surface area contributed by atoms with E-state index in [-0.39, 0.29) is 5.82 Å². The second kappa shape index (κ2) is 17.0. The lowest BCUT2D eigenvalue weighted by Gasteiger charge is -1.96. The van der Waals surface area contributed by atoms with Crippen LogP contribution in [0.3, 0.4) is 0 Å². The molecule has 4 aromatic rings. The van der Waals surface area contributed by atoms with Gasteiger partial charge in [-0.25, -0.2) is 14.4 Å². The molecule has 0 aromatic carbocycles. The molecule has 0 aliphatic carbocycles. The van der Waals surface area contributed by atoms with Gasteiger partial charge in [0.15, 0.2) is 0 Å². The van der Waals surface area contributed by atoms with Crippen LogP contribution in [0.15, 0.2) is 55.1 Å². The summed E-state index contributed by atoms with van der Waals surface area (Å²) in [5.41, 5.74) is 4.01. The van der Waals surface area contributed by atoms with Crippen molar-refractivity contribution in [3.63, 3.8) is 0 Å². The lowest BCUT2D eigenvalue weighted by molar-refractivity contribution is 0.618. The minimum Gasteiger partial charge on any atom is -0.307 e. The third-order valence-electron chi connectivity index (χ3n) is 3.68. The van der Waals surface area contributed by atoms with Crippen LogP contribution >= 0.6 is 0 Å². The van der Waals surface area contributed by atoms with E-state index in [0.717, 1.165) is 35.5 Å². The van der Waals surface area contributed by atoms with Crippen molar-refractivity contribution in [2.24, 2.45) is 0 Å². The predicted octanol–water partition coefficient (Wildman–Crippen LogP) is 7.79. The van der Waals surface area contributed by atoms with E-state index in [1.54, 1.807) is 16.7 Å². The maximum absolute atomic E-state index is 12.8. The molecule has 0 aliphatic rings. The fourth-order valence-corrected chi connectivity index (χ4v) is 2.42. The van der Waals surface area contributed by atoms with Crippen LogP contribution in [-0.4, -0.2) is 18.8 Å². The molecule has 0 atom stereocenters. The highest BCUT2D eigenvalue weighted by molar-refractivity contribution is 5.40. The van der Waals surface area contributed by atoms with Crippen molar-refractivity contribution in [1.82, 2.24) is 18.8 Å². The number of imidazole rings is 2. The van der Waals surface area contributed by atoms with Crippen molar-refractivity contribution in [1.29, 1.82) is 0 Å². The number of rotatable bonds is 2. The first-order valence-electron chi connectivity index (χ1n) is 11.6. The summed E-state index contributed by atoms with van der Waals surface area (Å²) in [5.74, 6) is -0.227. The molecule has 0 aliphatic heterocycles. The monoisotopic (exact) mass is 428 g/mol. The van der Waals surface area contributed by atoms with Crippen molar-refractivity contribution in [3.8, 4) is 0 Å². The Labute approximate surface area is 188 Å². The molecule has 0 amide bonds. The Kier molecular flexibility index (Phi) is 15.6. The van der Waals surface area contributed by atoms with Crippen molar-refractivity contribution < 1.29 is 4.39 Å². The number of pyridine rings is 2. The molecule has 4 aromatic heterocycles. The van der Waals surface area contributed by atoms with Gasteiger partial charge in [-0.2, -0.15) is 0 Å². The SMILES string of the molecule is CC.CCC.CCC.CCc1cn2ccccc2n1.CCc1cnc2ccc(F)cn12. The Morgan fingerprint density at radius 1 is 0.806 bits per heavy atom. The smallest absolute Gasteiger partial charge is 0.139 e. The topological polar surface area (TPSA) is 34.6 Å². The zero-order chi connectivity index (χ0) is 23.6. The lowest BCUT2D eigenvalue weighted by atomic mass is 10.3. The van der Waals surface area contributed by atoms with Gasteiger partial charge in [-0.1, -0.05) is 74.3 Å². The van der Waals surface area contributed by atoms with Gasteiger partial charge in [-0.3, -0.25) is 0 Å². The van der Waals surface area contributed by atoms with Gasteiger partial charge in [0, 0.05) is 30.5 Å². The number of fused-ring (bicyclic) bond motifs is 2. The average Bonchev–Trinajstić information content (AvgIpc) is 3.40. The Balaban J connectivity index is 0.000000438. The minimum atomic E-state index is -0.227. The predicted molar refractivity (Wildman–Crippen MR) is 132 cm³/mol. The van der Waals surface area contributed by atoms with Gasteiger partial charge in [0.05, 0.1) is 5.69 Å². The van der Waals surface area contributed by atoms with E-state index in [1.165, 1.54) is 25.1 Å². The van der Waals surface area contributed by atoms with E-state index >= 15 is 0 Å². The summed E-state index contributed by atoms with van der Waals surface area (Å²) < 4.78 is 16.6. The van der Waals surface area contributed by atoms with Crippen LogP contribution in [0.5, 0.6) is 0 Å². The van der Waals surface area contributed by atoms with E-state index in [9.17, 15) is 4.39 Å². The van der Waals surface area contributed by atoms with Crippen LogP contribution in [0.1, 0.15) is 79.6 Å². The molecule has 0 radical (unpaired) electrons. The summed E-state index contributed by atoms with van der Waals surface area (Å²) in [5, 5.41) is 0. The molecular weight excluding hydrogens is 387 g/mol. The summed E-state index contributed by atoms with van der Waals surface area (Å²) >= 11 is 0. The second-order valence-corrected chi connectivity index (χ2v) is 6.64. The average molecular weight is 429 g/mol. The molecule has 0 saturated carbocycles. The third-order valence-corrected chi connectivity index (χ3v) is 3.68. The van der Waals surface area contributed by atoms with Crippen LogP contribution in [0.25, 0.3) is 11.3 Å². The van der Waals surface area contributed by atoms with Gasteiger partial charge in [-0.15, -0.1) is 0 Å². The number of nitrogens with zero attached hydrogens (tertiary/aromatic N) is 4. The Hall–Kier alpha value is -2.69. The zero-order valence-electron chi connectivity index (χ0n) is 20.7. The molecule has 5 heteroatoms. The Bertz CT molecular complexity index is 921. The van der Waals surface area contributed by atoms with Crippen molar-refractivity contribution >= 4 is 11.3 Å². The van der Waals surface area contributed by atoms with Gasteiger partial charge in [0.2, 0.25) is 0 Å². The number of hydrogen-bond acceptors (Lipinski definition) is 2. The quantitative estimate of drug-likeness (QED) is 0.326. The highest BCUT2D eigenvalue weighted by Crippen LogP contribution is 2.08. The molecule has 0 fully saturated rings. The zero-order valence-corrected chi connectivity index (χ0v) is 20.7. The van der Waals surface area contributed by atoms with Crippen LogP contribution in [0.4, 0.5) is 4.39 Å². The fraction of sp³-hybridized carbons (Fsp3) is 0.462. The Morgan fingerprint density at radius 2 is 1.45 bits per heavy atom. The van der Waals surface area contributed by atoms with E-state index in [0.29, 0.717) is 0 Å². The number of aryl methyl sites for hydroxylation is 2. The molecule has 0 spiro atoms. The maximum atomic E-state index is 12.8. The molecule has 172 valence electrons. The molecule has 4 rings (SSSR count). The van der Waals surface area contributed by atoms with E-state index < -0.39 is 0 Å². The van der Waals surface area contributed by atoms with Gasteiger partial charge < -0.3 is 8.80 Å². The standard InChI is InChI=1S/C9H9FN2.C9H10N2.2C3H8.C2H6/c1-2-8-5-11-9-4-3-7(10)6-12(8)9;1-2-8-7-11-6-4-3-5-9(11)10-8;2*1-3-2;1-2/h3-6H,2H2,1H3;3-7H,2H2,1H3;2*3H2,1-2H3;1-2H3. The Morgan fingerprint density at radius 3 is 2.00 bits per heavy atom. The molecule has 0 N–H and O–H groups in total. The first-order chi connectivity index (χ1) is 15.0. The number of halogens is 1. The van der Waals surface area contributed by atoms with Gasteiger partial charge in [-0.05, 0) is 37.1 Å². The third kappa shape index (κ3) is 9.77. The van der Waals surface area contributed by atoms with Gasteiger partial charge >= 0.3 is 0 Å². The molecule has 0 unspecified atom stereocenters.